The zero-order valence-corrected chi connectivity index (χ0v) is 10.7. The average Bonchev–Trinajstić information content (AvgIpc) is 2.47. The Balaban J connectivity index is 1.88. The minimum absolute atomic E-state index is 0.106. The first-order valence-electron chi connectivity index (χ1n) is 6.96. The van der Waals surface area contributed by atoms with Gasteiger partial charge in [0, 0.05) is 11.4 Å². The lowest BCUT2D eigenvalue weighted by atomic mass is 9.83. The first kappa shape index (κ1) is 11.7. The van der Waals surface area contributed by atoms with Crippen molar-refractivity contribution in [3.8, 4) is 0 Å². The second-order valence-corrected chi connectivity index (χ2v) is 5.35. The van der Waals surface area contributed by atoms with Crippen molar-refractivity contribution in [3.05, 3.63) is 42.1 Å². The van der Waals surface area contributed by atoms with Crippen molar-refractivity contribution >= 4 is 10.9 Å². The summed E-state index contributed by atoms with van der Waals surface area (Å²) < 4.78 is 0. The van der Waals surface area contributed by atoms with Gasteiger partial charge >= 0.3 is 0 Å². The number of aromatic nitrogens is 1. The van der Waals surface area contributed by atoms with Gasteiger partial charge in [-0.2, -0.15) is 0 Å². The maximum atomic E-state index is 6.40. The molecule has 0 amide bonds. The Hall–Kier alpha value is -1.41. The largest absolute Gasteiger partial charge is 0.322 e. The Morgan fingerprint density at radius 2 is 1.78 bits per heavy atom. The molecule has 1 aromatic heterocycles. The molecular formula is C16H20N2. The Morgan fingerprint density at radius 3 is 2.61 bits per heavy atom. The Morgan fingerprint density at radius 1 is 1.00 bits per heavy atom. The lowest BCUT2D eigenvalue weighted by Crippen LogP contribution is -2.24. The third kappa shape index (κ3) is 2.25. The molecule has 2 aromatic rings. The van der Waals surface area contributed by atoms with E-state index in [1.54, 1.807) is 0 Å². The van der Waals surface area contributed by atoms with Crippen LogP contribution >= 0.6 is 0 Å². The molecule has 2 heteroatoms. The molecule has 94 valence electrons. The highest BCUT2D eigenvalue weighted by Gasteiger charge is 2.22. The van der Waals surface area contributed by atoms with Crippen molar-refractivity contribution in [2.75, 3.05) is 0 Å². The molecule has 18 heavy (non-hydrogen) atoms. The smallest absolute Gasteiger partial charge is 0.0706 e. The van der Waals surface area contributed by atoms with Crippen LogP contribution in [0.5, 0.6) is 0 Å². The summed E-state index contributed by atoms with van der Waals surface area (Å²) in [5.41, 5.74) is 8.51. The lowest BCUT2D eigenvalue weighted by Gasteiger charge is -2.27. The van der Waals surface area contributed by atoms with Gasteiger partial charge in [0.2, 0.25) is 0 Å². The van der Waals surface area contributed by atoms with E-state index in [2.05, 4.69) is 24.3 Å². The molecule has 0 saturated heterocycles. The predicted octanol–water partition coefficient (Wildman–Crippen LogP) is 3.81. The summed E-state index contributed by atoms with van der Waals surface area (Å²) in [5.74, 6) is 0.618. The van der Waals surface area contributed by atoms with Crippen LogP contribution in [0.2, 0.25) is 0 Å². The molecule has 2 N–H and O–H groups in total. The van der Waals surface area contributed by atoms with E-state index in [1.165, 1.54) is 37.5 Å². The van der Waals surface area contributed by atoms with Gasteiger partial charge < -0.3 is 5.73 Å². The molecule has 1 aliphatic rings. The maximum Gasteiger partial charge on any atom is 0.0706 e. The highest BCUT2D eigenvalue weighted by molar-refractivity contribution is 5.78. The van der Waals surface area contributed by atoms with E-state index in [9.17, 15) is 0 Å². The normalized spacial score (nSPS) is 18.9. The van der Waals surface area contributed by atoms with E-state index in [4.69, 9.17) is 10.7 Å². The molecule has 0 bridgehead atoms. The number of nitrogens with two attached hydrogens (primary N) is 1. The lowest BCUT2D eigenvalue weighted by molar-refractivity contribution is 0.305. The van der Waals surface area contributed by atoms with E-state index < -0.39 is 0 Å². The molecule has 0 radical (unpaired) electrons. The van der Waals surface area contributed by atoms with Gasteiger partial charge in [-0.05, 0) is 30.9 Å². The van der Waals surface area contributed by atoms with E-state index in [0.29, 0.717) is 5.92 Å². The van der Waals surface area contributed by atoms with Crippen LogP contribution in [0.3, 0.4) is 0 Å². The van der Waals surface area contributed by atoms with Crippen LogP contribution in [0.15, 0.2) is 36.4 Å². The summed E-state index contributed by atoms with van der Waals surface area (Å²) in [6.07, 6.45) is 6.54. The zero-order chi connectivity index (χ0) is 12.4. The van der Waals surface area contributed by atoms with Crippen LogP contribution in [0.1, 0.15) is 43.8 Å². The predicted molar refractivity (Wildman–Crippen MR) is 75.2 cm³/mol. The molecule has 1 heterocycles. The van der Waals surface area contributed by atoms with E-state index in [1.807, 2.05) is 12.1 Å². The third-order valence-electron chi connectivity index (χ3n) is 4.12. The number of pyridine rings is 1. The standard InChI is InChI=1S/C16H20N2/c17-16(13-7-2-1-3-8-13)15-11-10-12-6-4-5-9-14(12)18-15/h4-6,9-11,13,16H,1-3,7-8,17H2/t16-/m1/s1. The molecule has 1 fully saturated rings. The van der Waals surface area contributed by atoms with Gasteiger partial charge in [0.15, 0.2) is 0 Å². The van der Waals surface area contributed by atoms with Crippen LogP contribution in [0, 0.1) is 5.92 Å². The number of hydrogen-bond acceptors (Lipinski definition) is 2. The molecule has 1 atom stereocenters. The van der Waals surface area contributed by atoms with Crippen molar-refractivity contribution < 1.29 is 0 Å². The molecule has 1 saturated carbocycles. The molecule has 3 rings (SSSR count). The van der Waals surface area contributed by atoms with Crippen molar-refractivity contribution in [2.24, 2.45) is 11.7 Å². The van der Waals surface area contributed by atoms with Crippen LogP contribution in [-0.4, -0.2) is 4.98 Å². The van der Waals surface area contributed by atoms with Crippen LogP contribution in [0.4, 0.5) is 0 Å². The molecular weight excluding hydrogens is 220 g/mol. The topological polar surface area (TPSA) is 38.9 Å². The first-order chi connectivity index (χ1) is 8.84. The SMILES string of the molecule is N[C@@H](c1ccc2ccccc2n1)C1CCCCC1. The molecule has 0 spiro atoms. The summed E-state index contributed by atoms with van der Waals surface area (Å²) in [7, 11) is 0. The number of para-hydroxylation sites is 1. The minimum atomic E-state index is 0.106. The van der Waals surface area contributed by atoms with Gasteiger partial charge in [-0.3, -0.25) is 4.98 Å². The zero-order valence-electron chi connectivity index (χ0n) is 10.7. The van der Waals surface area contributed by atoms with E-state index in [0.717, 1.165) is 11.2 Å². The number of benzene rings is 1. The van der Waals surface area contributed by atoms with Crippen molar-refractivity contribution in [2.45, 2.75) is 38.1 Å². The van der Waals surface area contributed by atoms with E-state index in [-0.39, 0.29) is 6.04 Å². The fraction of sp³-hybridized carbons (Fsp3) is 0.438. The second-order valence-electron chi connectivity index (χ2n) is 5.35. The third-order valence-corrected chi connectivity index (χ3v) is 4.12. The fourth-order valence-corrected chi connectivity index (χ4v) is 3.00. The molecule has 1 aliphatic carbocycles. The van der Waals surface area contributed by atoms with Crippen LogP contribution < -0.4 is 5.73 Å². The first-order valence-corrected chi connectivity index (χ1v) is 6.96. The summed E-state index contributed by atoms with van der Waals surface area (Å²) in [4.78, 5) is 4.73. The number of nitrogens with zero attached hydrogens (tertiary/aromatic N) is 1. The molecule has 1 aromatic carbocycles. The van der Waals surface area contributed by atoms with Gasteiger partial charge in [0.05, 0.1) is 11.2 Å². The Labute approximate surface area is 108 Å². The Bertz CT molecular complexity index is 529. The second kappa shape index (κ2) is 5.07. The van der Waals surface area contributed by atoms with Crippen LogP contribution in [-0.2, 0) is 0 Å². The van der Waals surface area contributed by atoms with Gasteiger partial charge in [0.1, 0.15) is 0 Å². The van der Waals surface area contributed by atoms with Crippen LogP contribution in [0.25, 0.3) is 10.9 Å². The van der Waals surface area contributed by atoms with Gasteiger partial charge in [0.25, 0.3) is 0 Å². The monoisotopic (exact) mass is 240 g/mol. The molecule has 0 aliphatic heterocycles. The molecule has 2 nitrogen and oxygen atoms in total. The summed E-state index contributed by atoms with van der Waals surface area (Å²) in [6.45, 7) is 0. The summed E-state index contributed by atoms with van der Waals surface area (Å²) in [5, 5.41) is 1.19. The molecule has 0 unspecified atom stereocenters. The van der Waals surface area contributed by atoms with E-state index >= 15 is 0 Å². The Kier molecular flexibility index (Phi) is 3.28. The summed E-state index contributed by atoms with van der Waals surface area (Å²) in [6, 6.07) is 12.6. The maximum absolute atomic E-state index is 6.40. The summed E-state index contributed by atoms with van der Waals surface area (Å²) >= 11 is 0. The highest BCUT2D eigenvalue weighted by atomic mass is 14.8. The minimum Gasteiger partial charge on any atom is -0.322 e. The van der Waals surface area contributed by atoms with Gasteiger partial charge in [-0.15, -0.1) is 0 Å². The van der Waals surface area contributed by atoms with Gasteiger partial charge in [-0.1, -0.05) is 43.5 Å². The van der Waals surface area contributed by atoms with Crippen molar-refractivity contribution in [1.82, 2.24) is 4.98 Å². The quantitative estimate of drug-likeness (QED) is 0.866. The van der Waals surface area contributed by atoms with Crippen molar-refractivity contribution in [1.29, 1.82) is 0 Å². The number of fused-ring (bicyclic) bond motifs is 1. The fourth-order valence-electron chi connectivity index (χ4n) is 3.00. The van der Waals surface area contributed by atoms with Crippen molar-refractivity contribution in [3.63, 3.8) is 0 Å². The highest BCUT2D eigenvalue weighted by Crippen LogP contribution is 2.32. The van der Waals surface area contributed by atoms with Gasteiger partial charge in [-0.25, -0.2) is 0 Å². The number of rotatable bonds is 2. The number of hydrogen-bond donors (Lipinski definition) is 1. The average molecular weight is 240 g/mol.